The van der Waals surface area contributed by atoms with Crippen molar-refractivity contribution in [1.82, 2.24) is 10.6 Å². The lowest BCUT2D eigenvalue weighted by Crippen LogP contribution is -2.45. The molecule has 1 rings (SSSR count). The smallest absolute Gasteiger partial charge is 0.251 e. The zero-order valence-electron chi connectivity index (χ0n) is 12.4. The summed E-state index contributed by atoms with van der Waals surface area (Å²) in [7, 11) is 0. The van der Waals surface area contributed by atoms with Crippen molar-refractivity contribution in [3.8, 4) is 11.8 Å². The minimum Gasteiger partial charge on any atom is -0.354 e. The van der Waals surface area contributed by atoms with Gasteiger partial charge in [-0.1, -0.05) is 24.8 Å². The van der Waals surface area contributed by atoms with Crippen LogP contribution in [0, 0.1) is 11.8 Å². The first kappa shape index (κ1) is 16.7. The van der Waals surface area contributed by atoms with E-state index in [2.05, 4.69) is 22.5 Å². The minimum atomic E-state index is -0.581. The first-order valence-electron chi connectivity index (χ1n) is 6.96. The van der Waals surface area contributed by atoms with E-state index in [9.17, 15) is 9.59 Å². The second kappa shape index (κ2) is 8.77. The number of carbonyl (C=O) groups excluding carboxylic acids is 2. The van der Waals surface area contributed by atoms with Crippen LogP contribution in [-0.4, -0.2) is 30.9 Å². The molecule has 21 heavy (non-hydrogen) atoms. The molecule has 112 valence electrons. The fraction of sp³-hybridized carbons (Fsp3) is 0.375. The van der Waals surface area contributed by atoms with Gasteiger partial charge in [-0.25, -0.2) is 0 Å². The lowest BCUT2D eigenvalue weighted by atomic mass is 10.1. The Balaban J connectivity index is 2.69. The summed E-state index contributed by atoms with van der Waals surface area (Å²) in [6, 6.07) is 6.32. The topological polar surface area (TPSA) is 84.2 Å². The molecule has 2 amide bonds. The quantitative estimate of drug-likeness (QED) is 0.695. The standard InChI is InChI=1S/C16H21N3O2/c1-3-10-18-15(20)12(2)19-16(21)14-8-4-6-13(11-14)7-5-9-17/h4,6,8,11-12H,3,9-10,17H2,1-2H3,(H,18,20)(H,19,21). The average molecular weight is 287 g/mol. The fourth-order valence-corrected chi connectivity index (χ4v) is 1.64. The summed E-state index contributed by atoms with van der Waals surface area (Å²) in [4.78, 5) is 23.8. The van der Waals surface area contributed by atoms with Crippen molar-refractivity contribution in [3.63, 3.8) is 0 Å². The lowest BCUT2D eigenvalue weighted by Gasteiger charge is -2.13. The molecule has 0 saturated carbocycles. The highest BCUT2D eigenvalue weighted by atomic mass is 16.2. The van der Waals surface area contributed by atoms with Gasteiger partial charge >= 0.3 is 0 Å². The molecular formula is C16H21N3O2. The molecule has 1 unspecified atom stereocenters. The first-order valence-corrected chi connectivity index (χ1v) is 6.96. The van der Waals surface area contributed by atoms with Gasteiger partial charge in [-0.05, 0) is 31.5 Å². The van der Waals surface area contributed by atoms with Gasteiger partial charge in [-0.2, -0.15) is 0 Å². The number of hydrogen-bond donors (Lipinski definition) is 3. The van der Waals surface area contributed by atoms with Crippen LogP contribution >= 0.6 is 0 Å². The largest absolute Gasteiger partial charge is 0.354 e. The summed E-state index contributed by atoms with van der Waals surface area (Å²) in [5, 5.41) is 5.40. The highest BCUT2D eigenvalue weighted by molar-refractivity contribution is 5.97. The van der Waals surface area contributed by atoms with Crippen molar-refractivity contribution < 1.29 is 9.59 Å². The molecule has 5 nitrogen and oxygen atoms in total. The van der Waals surface area contributed by atoms with E-state index in [0.29, 0.717) is 12.1 Å². The molecule has 0 aromatic heterocycles. The molecular weight excluding hydrogens is 266 g/mol. The summed E-state index contributed by atoms with van der Waals surface area (Å²) >= 11 is 0. The van der Waals surface area contributed by atoms with E-state index in [1.807, 2.05) is 6.92 Å². The van der Waals surface area contributed by atoms with Crippen LogP contribution in [0.1, 0.15) is 36.2 Å². The molecule has 0 aliphatic rings. The predicted molar refractivity (Wildman–Crippen MR) is 82.6 cm³/mol. The van der Waals surface area contributed by atoms with Gasteiger partial charge in [0.15, 0.2) is 0 Å². The van der Waals surface area contributed by atoms with Crippen LogP contribution in [0.15, 0.2) is 24.3 Å². The monoisotopic (exact) mass is 287 g/mol. The molecule has 0 bridgehead atoms. The molecule has 1 atom stereocenters. The Morgan fingerprint density at radius 1 is 1.38 bits per heavy atom. The molecule has 0 aliphatic heterocycles. The van der Waals surface area contributed by atoms with Gasteiger partial charge in [0.2, 0.25) is 5.91 Å². The number of carbonyl (C=O) groups is 2. The van der Waals surface area contributed by atoms with Crippen molar-refractivity contribution in [1.29, 1.82) is 0 Å². The third-order valence-electron chi connectivity index (χ3n) is 2.75. The number of nitrogens with one attached hydrogen (secondary N) is 2. The first-order chi connectivity index (χ1) is 10.1. The van der Waals surface area contributed by atoms with Crippen LogP contribution in [0.5, 0.6) is 0 Å². The predicted octanol–water partition coefficient (Wildman–Crippen LogP) is 0.641. The van der Waals surface area contributed by atoms with Crippen LogP contribution in [0.3, 0.4) is 0 Å². The number of benzene rings is 1. The normalized spacial score (nSPS) is 11.0. The Kier molecular flexibility index (Phi) is 6.99. The SMILES string of the molecule is CCCNC(=O)C(C)NC(=O)c1cccc(C#CCN)c1. The van der Waals surface area contributed by atoms with Crippen molar-refractivity contribution in [2.24, 2.45) is 5.73 Å². The van der Waals surface area contributed by atoms with Gasteiger partial charge in [-0.15, -0.1) is 0 Å². The molecule has 1 aromatic rings. The van der Waals surface area contributed by atoms with Crippen LogP contribution in [-0.2, 0) is 4.79 Å². The van der Waals surface area contributed by atoms with Gasteiger partial charge in [0, 0.05) is 17.7 Å². The van der Waals surface area contributed by atoms with Crippen LogP contribution in [0.4, 0.5) is 0 Å². The summed E-state index contributed by atoms with van der Waals surface area (Å²) in [6.45, 7) is 4.49. The fourth-order valence-electron chi connectivity index (χ4n) is 1.64. The van der Waals surface area contributed by atoms with Crippen molar-refractivity contribution in [2.45, 2.75) is 26.3 Å². The van der Waals surface area contributed by atoms with Gasteiger partial charge in [0.1, 0.15) is 6.04 Å². The van der Waals surface area contributed by atoms with E-state index < -0.39 is 6.04 Å². The molecule has 1 aromatic carbocycles. The van der Waals surface area contributed by atoms with E-state index in [0.717, 1.165) is 12.0 Å². The Labute approximate surface area is 125 Å². The van der Waals surface area contributed by atoms with Crippen LogP contribution in [0.25, 0.3) is 0 Å². The number of amides is 2. The summed E-state index contributed by atoms with van der Waals surface area (Å²) < 4.78 is 0. The zero-order valence-corrected chi connectivity index (χ0v) is 12.4. The summed E-state index contributed by atoms with van der Waals surface area (Å²) in [5.41, 5.74) is 6.50. The van der Waals surface area contributed by atoms with Crippen molar-refractivity contribution in [2.75, 3.05) is 13.1 Å². The maximum atomic E-state index is 12.1. The maximum absolute atomic E-state index is 12.1. The molecule has 4 N–H and O–H groups in total. The third-order valence-corrected chi connectivity index (χ3v) is 2.75. The molecule has 5 heteroatoms. The van der Waals surface area contributed by atoms with Crippen LogP contribution < -0.4 is 16.4 Å². The number of hydrogen-bond acceptors (Lipinski definition) is 3. The molecule has 0 radical (unpaired) electrons. The maximum Gasteiger partial charge on any atom is 0.251 e. The highest BCUT2D eigenvalue weighted by Gasteiger charge is 2.15. The molecule has 0 aliphatic carbocycles. The number of nitrogens with two attached hydrogens (primary N) is 1. The highest BCUT2D eigenvalue weighted by Crippen LogP contribution is 2.04. The van der Waals surface area contributed by atoms with Gasteiger partial charge < -0.3 is 16.4 Å². The summed E-state index contributed by atoms with van der Waals surface area (Å²) in [5.74, 6) is 5.11. The second-order valence-electron chi connectivity index (χ2n) is 4.57. The molecule has 0 spiro atoms. The molecule has 0 saturated heterocycles. The van der Waals surface area contributed by atoms with Gasteiger partial charge in [0.25, 0.3) is 5.91 Å². The third kappa shape index (κ3) is 5.67. The Bertz CT molecular complexity index is 558. The Hall–Kier alpha value is -2.32. The van der Waals surface area contributed by atoms with Gasteiger partial charge in [0.05, 0.1) is 6.54 Å². The zero-order chi connectivity index (χ0) is 15.7. The Morgan fingerprint density at radius 3 is 2.81 bits per heavy atom. The lowest BCUT2D eigenvalue weighted by molar-refractivity contribution is -0.122. The Morgan fingerprint density at radius 2 is 2.14 bits per heavy atom. The number of rotatable bonds is 5. The van der Waals surface area contributed by atoms with Crippen molar-refractivity contribution in [3.05, 3.63) is 35.4 Å². The van der Waals surface area contributed by atoms with E-state index >= 15 is 0 Å². The van der Waals surface area contributed by atoms with Crippen molar-refractivity contribution >= 4 is 11.8 Å². The molecule has 0 heterocycles. The van der Waals surface area contributed by atoms with Crippen LogP contribution in [0.2, 0.25) is 0 Å². The minimum absolute atomic E-state index is 0.190. The van der Waals surface area contributed by atoms with E-state index in [1.54, 1.807) is 31.2 Å². The van der Waals surface area contributed by atoms with E-state index in [-0.39, 0.29) is 18.4 Å². The average Bonchev–Trinajstić information content (AvgIpc) is 2.50. The second-order valence-corrected chi connectivity index (χ2v) is 4.57. The van der Waals surface area contributed by atoms with Gasteiger partial charge in [-0.3, -0.25) is 9.59 Å². The summed E-state index contributed by atoms with van der Waals surface area (Å²) in [6.07, 6.45) is 0.855. The molecule has 0 fully saturated rings. The van der Waals surface area contributed by atoms with E-state index in [4.69, 9.17) is 5.73 Å². The van der Waals surface area contributed by atoms with E-state index in [1.165, 1.54) is 0 Å².